The monoisotopic (exact) mass is 316 g/mol. The molecule has 4 rings (SSSR count). The van der Waals surface area contributed by atoms with Gasteiger partial charge in [-0.3, -0.25) is 0 Å². The van der Waals surface area contributed by atoms with E-state index in [2.05, 4.69) is 9.97 Å². The number of nitrogens with two attached hydrogens (primary N) is 4. The number of hydrogen-bond donors (Lipinski definition) is 4. The Kier molecular flexibility index (Phi) is 2.93. The number of nitrogens with zero attached hydrogens (tertiary/aromatic N) is 2. The maximum absolute atomic E-state index is 6.18. The maximum Gasteiger partial charge on any atom is 0.131 e. The number of rotatable bonds is 1. The number of hydrogen-bond acceptors (Lipinski definition) is 6. The summed E-state index contributed by atoms with van der Waals surface area (Å²) in [6.07, 6.45) is 1.64. The lowest BCUT2D eigenvalue weighted by atomic mass is 10.0. The van der Waals surface area contributed by atoms with Crippen LogP contribution in [0.25, 0.3) is 32.8 Å². The van der Waals surface area contributed by atoms with E-state index in [4.69, 9.17) is 22.9 Å². The van der Waals surface area contributed by atoms with Crippen LogP contribution < -0.4 is 22.9 Å². The number of aromatic nitrogens is 2. The van der Waals surface area contributed by atoms with Gasteiger partial charge in [0.05, 0.1) is 5.69 Å². The van der Waals surface area contributed by atoms with Crippen molar-refractivity contribution >= 4 is 44.6 Å². The third-order valence-electron chi connectivity index (χ3n) is 4.12. The average Bonchev–Trinajstić information content (AvgIpc) is 2.55. The molecule has 0 saturated heterocycles. The summed E-state index contributed by atoms with van der Waals surface area (Å²) in [6.45, 7) is 0. The van der Waals surface area contributed by atoms with Gasteiger partial charge in [-0.2, -0.15) is 0 Å². The molecule has 24 heavy (non-hydrogen) atoms. The first-order valence-electron chi connectivity index (χ1n) is 7.43. The van der Waals surface area contributed by atoms with Crippen LogP contribution in [-0.2, 0) is 0 Å². The van der Waals surface area contributed by atoms with Crippen LogP contribution in [0, 0.1) is 0 Å². The summed E-state index contributed by atoms with van der Waals surface area (Å²) in [5, 5.41) is 3.45. The molecule has 0 saturated carbocycles. The predicted molar refractivity (Wildman–Crippen MR) is 100 cm³/mol. The molecule has 0 aliphatic rings. The zero-order chi connectivity index (χ0) is 16.8. The highest BCUT2D eigenvalue weighted by molar-refractivity contribution is 6.02. The topological polar surface area (TPSA) is 130 Å². The van der Waals surface area contributed by atoms with Crippen molar-refractivity contribution in [3.8, 4) is 11.3 Å². The summed E-state index contributed by atoms with van der Waals surface area (Å²) < 4.78 is 0. The molecule has 2 heterocycles. The minimum Gasteiger partial charge on any atom is -0.399 e. The Hall–Kier alpha value is -3.54. The summed E-state index contributed by atoms with van der Waals surface area (Å²) in [6, 6.07) is 13.1. The van der Waals surface area contributed by atoms with Crippen LogP contribution in [-0.4, -0.2) is 9.97 Å². The molecule has 0 aliphatic heterocycles. The second-order valence-electron chi connectivity index (χ2n) is 5.73. The molecule has 2 aromatic carbocycles. The van der Waals surface area contributed by atoms with Crippen LogP contribution >= 0.6 is 0 Å². The van der Waals surface area contributed by atoms with Gasteiger partial charge in [-0.1, -0.05) is 0 Å². The van der Waals surface area contributed by atoms with Crippen molar-refractivity contribution in [2.75, 3.05) is 22.9 Å². The normalized spacial score (nSPS) is 11.2. The van der Waals surface area contributed by atoms with Crippen molar-refractivity contribution in [3.63, 3.8) is 0 Å². The first kappa shape index (κ1) is 14.1. The van der Waals surface area contributed by atoms with Crippen molar-refractivity contribution in [2.24, 2.45) is 0 Å². The van der Waals surface area contributed by atoms with E-state index in [0.29, 0.717) is 28.7 Å². The molecule has 0 unspecified atom stereocenters. The Labute approximate surface area is 138 Å². The maximum atomic E-state index is 6.18. The molecule has 6 heteroatoms. The fourth-order valence-electron chi connectivity index (χ4n) is 2.93. The van der Waals surface area contributed by atoms with Crippen molar-refractivity contribution in [3.05, 3.63) is 48.7 Å². The fraction of sp³-hybridized carbons (Fsp3) is 0. The zero-order valence-electron chi connectivity index (χ0n) is 12.8. The SMILES string of the molecule is Nc1ccc2c(N)nc(-c3cc(N)c4ccnc(N)c4c3)cc2c1. The number of nitrogen functional groups attached to an aromatic ring is 4. The largest absolute Gasteiger partial charge is 0.399 e. The van der Waals surface area contributed by atoms with E-state index < -0.39 is 0 Å². The van der Waals surface area contributed by atoms with E-state index in [9.17, 15) is 0 Å². The van der Waals surface area contributed by atoms with Crippen molar-refractivity contribution in [2.45, 2.75) is 0 Å². The number of benzene rings is 2. The van der Waals surface area contributed by atoms with Crippen LogP contribution in [0.3, 0.4) is 0 Å². The van der Waals surface area contributed by atoms with Gasteiger partial charge >= 0.3 is 0 Å². The van der Waals surface area contributed by atoms with Crippen molar-refractivity contribution in [1.82, 2.24) is 9.97 Å². The highest BCUT2D eigenvalue weighted by atomic mass is 14.8. The van der Waals surface area contributed by atoms with Crippen molar-refractivity contribution < 1.29 is 0 Å². The molecule has 0 spiro atoms. The van der Waals surface area contributed by atoms with Crippen LogP contribution in [0.1, 0.15) is 0 Å². The molecule has 6 nitrogen and oxygen atoms in total. The van der Waals surface area contributed by atoms with Gasteiger partial charge in [-0.05, 0) is 47.9 Å². The summed E-state index contributed by atoms with van der Waals surface area (Å²) in [5.74, 6) is 0.874. The molecule has 0 atom stereocenters. The quantitative estimate of drug-likeness (QED) is 0.399. The van der Waals surface area contributed by atoms with E-state index in [0.717, 1.165) is 27.1 Å². The van der Waals surface area contributed by atoms with Gasteiger partial charge in [-0.15, -0.1) is 0 Å². The van der Waals surface area contributed by atoms with Crippen LogP contribution in [0.4, 0.5) is 23.0 Å². The minimum atomic E-state index is 0.430. The fourth-order valence-corrected chi connectivity index (χ4v) is 2.93. The molecule has 8 N–H and O–H groups in total. The molecule has 0 amide bonds. The summed E-state index contributed by atoms with van der Waals surface area (Å²) in [4.78, 5) is 8.62. The number of fused-ring (bicyclic) bond motifs is 2. The highest BCUT2D eigenvalue weighted by Crippen LogP contribution is 2.33. The Morgan fingerprint density at radius 1 is 0.708 bits per heavy atom. The van der Waals surface area contributed by atoms with E-state index in [1.54, 1.807) is 12.3 Å². The van der Waals surface area contributed by atoms with Crippen LogP contribution in [0.5, 0.6) is 0 Å². The molecule has 0 radical (unpaired) electrons. The predicted octanol–water partition coefficient (Wildman–Crippen LogP) is 2.78. The van der Waals surface area contributed by atoms with Gasteiger partial charge in [0.2, 0.25) is 0 Å². The molecule has 0 fully saturated rings. The highest BCUT2D eigenvalue weighted by Gasteiger charge is 2.10. The molecule has 2 aromatic heterocycles. The van der Waals surface area contributed by atoms with Crippen molar-refractivity contribution in [1.29, 1.82) is 0 Å². The Morgan fingerprint density at radius 3 is 2.38 bits per heavy atom. The lowest BCUT2D eigenvalue weighted by molar-refractivity contribution is 1.35. The summed E-state index contributed by atoms with van der Waals surface area (Å²) in [5.41, 5.74) is 27.0. The number of anilines is 4. The first-order chi connectivity index (χ1) is 11.5. The van der Waals surface area contributed by atoms with Gasteiger partial charge in [0, 0.05) is 39.3 Å². The zero-order valence-corrected chi connectivity index (χ0v) is 12.8. The summed E-state index contributed by atoms with van der Waals surface area (Å²) >= 11 is 0. The van der Waals surface area contributed by atoms with Gasteiger partial charge in [0.1, 0.15) is 11.6 Å². The van der Waals surface area contributed by atoms with Gasteiger partial charge in [-0.25, -0.2) is 9.97 Å². The van der Waals surface area contributed by atoms with E-state index in [1.165, 1.54) is 0 Å². The number of pyridine rings is 2. The average molecular weight is 316 g/mol. The standard InChI is InChI=1S/C18H16N6/c19-11-1-2-12-9(5-11)8-16(24-18(12)22)10-6-14-13(15(20)7-10)3-4-23-17(14)21/h1-8H,19-20H2,(H2,21,23)(H2,22,24). The molecule has 0 bridgehead atoms. The first-order valence-corrected chi connectivity index (χ1v) is 7.43. The third kappa shape index (κ3) is 2.13. The second-order valence-corrected chi connectivity index (χ2v) is 5.73. The molecule has 0 aliphatic carbocycles. The van der Waals surface area contributed by atoms with E-state index >= 15 is 0 Å². The lowest BCUT2D eigenvalue weighted by Crippen LogP contribution is -1.98. The summed E-state index contributed by atoms with van der Waals surface area (Å²) in [7, 11) is 0. The molecule has 118 valence electrons. The lowest BCUT2D eigenvalue weighted by Gasteiger charge is -2.10. The Balaban J connectivity index is 2.00. The molecular formula is C18H16N6. The second kappa shape index (κ2) is 4.99. The van der Waals surface area contributed by atoms with E-state index in [1.807, 2.05) is 36.4 Å². The van der Waals surface area contributed by atoms with Crippen LogP contribution in [0.15, 0.2) is 48.7 Å². The van der Waals surface area contributed by atoms with Gasteiger partial charge in [0.25, 0.3) is 0 Å². The Morgan fingerprint density at radius 2 is 1.54 bits per heavy atom. The Bertz CT molecular complexity index is 1100. The van der Waals surface area contributed by atoms with E-state index in [-0.39, 0.29) is 0 Å². The minimum absolute atomic E-state index is 0.430. The van der Waals surface area contributed by atoms with Gasteiger partial charge < -0.3 is 22.9 Å². The van der Waals surface area contributed by atoms with Crippen LogP contribution in [0.2, 0.25) is 0 Å². The smallest absolute Gasteiger partial charge is 0.131 e. The van der Waals surface area contributed by atoms with Gasteiger partial charge in [0.15, 0.2) is 0 Å². The third-order valence-corrected chi connectivity index (χ3v) is 4.12. The molecule has 4 aromatic rings. The molecular weight excluding hydrogens is 300 g/mol.